The zero-order valence-corrected chi connectivity index (χ0v) is 41.5. The number of rotatable bonds is 14. The van der Waals surface area contributed by atoms with Crippen LogP contribution >= 0.6 is 0 Å². The van der Waals surface area contributed by atoms with Gasteiger partial charge in [0.25, 0.3) is 0 Å². The predicted octanol–water partition coefficient (Wildman–Crippen LogP) is 16.2. The summed E-state index contributed by atoms with van der Waals surface area (Å²) in [5, 5.41) is 0. The summed E-state index contributed by atoms with van der Waals surface area (Å²) in [7, 11) is 0. The largest absolute Gasteiger partial charge is 3.00 e. The minimum absolute atomic E-state index is 0. The molecule has 3 nitrogen and oxygen atoms in total. The molecule has 0 aliphatic carbocycles. The maximum Gasteiger partial charge on any atom is 3.00 e. The van der Waals surface area contributed by atoms with Crippen LogP contribution in [0.3, 0.4) is 0 Å². The van der Waals surface area contributed by atoms with Gasteiger partial charge in [0.2, 0.25) is 0 Å². The summed E-state index contributed by atoms with van der Waals surface area (Å²) in [6.07, 6.45) is 9.09. The van der Waals surface area contributed by atoms with Crippen molar-refractivity contribution in [3.05, 3.63) is 283 Å². The monoisotopic (exact) mass is 1090 g/mol. The molecule has 0 aliphatic heterocycles. The Hall–Kier alpha value is -8.14. The third kappa shape index (κ3) is 11.0. The SMILES string of the molecule is [Ir+3].[c-]1cc(CCc2cc(CCc3c[c-]c(-c4ccccn4)cc3)cc(-c3ccccc3-c3c[c-]c(-c4ccccn4)cc3-c3ccc(-c4cccc(-c5ccccc5)c4)cc3)c2)ccc1-c1ccccn1. The summed E-state index contributed by atoms with van der Waals surface area (Å²) in [4.78, 5) is 13.8. The van der Waals surface area contributed by atoms with Gasteiger partial charge in [-0.3, -0.25) is 0 Å². The summed E-state index contributed by atoms with van der Waals surface area (Å²) in [5.41, 5.74) is 22.5. The van der Waals surface area contributed by atoms with E-state index in [0.717, 1.165) is 81.7 Å². The minimum Gasteiger partial charge on any atom is -0.305 e. The molecule has 0 aliphatic rings. The molecule has 3 heterocycles. The maximum atomic E-state index is 4.73. The minimum atomic E-state index is 0. The Morgan fingerprint density at radius 3 is 1.27 bits per heavy atom. The number of nitrogens with zero attached hydrogens (tertiary/aromatic N) is 3. The van der Waals surface area contributed by atoms with Gasteiger partial charge < -0.3 is 15.0 Å². The smallest absolute Gasteiger partial charge is 0.305 e. The fourth-order valence-electron chi connectivity index (χ4n) is 9.32. The van der Waals surface area contributed by atoms with E-state index in [9.17, 15) is 0 Å². The van der Waals surface area contributed by atoms with Crippen LogP contribution in [0.4, 0.5) is 0 Å². The number of aryl methyl sites for hydroxylation is 4. The van der Waals surface area contributed by atoms with E-state index in [0.29, 0.717) is 0 Å². The van der Waals surface area contributed by atoms with Crippen LogP contribution in [0.5, 0.6) is 0 Å². The number of hydrogen-bond acceptors (Lipinski definition) is 3. The molecule has 0 spiro atoms. The molecule has 0 amide bonds. The zero-order valence-electron chi connectivity index (χ0n) is 39.1. The van der Waals surface area contributed by atoms with Gasteiger partial charge in [0, 0.05) is 18.6 Å². The van der Waals surface area contributed by atoms with E-state index in [2.05, 4.69) is 204 Å². The first kappa shape index (κ1) is 46.6. The fraction of sp³-hybridized carbons (Fsp3) is 0.0597. The normalized spacial score (nSPS) is 10.9. The van der Waals surface area contributed by atoms with Crippen molar-refractivity contribution in [3.63, 3.8) is 0 Å². The first-order chi connectivity index (χ1) is 34.7. The first-order valence-corrected chi connectivity index (χ1v) is 24.0. The third-order valence-electron chi connectivity index (χ3n) is 13.0. The molecule has 0 saturated carbocycles. The van der Waals surface area contributed by atoms with Crippen LogP contribution < -0.4 is 0 Å². The van der Waals surface area contributed by atoms with Crippen molar-refractivity contribution < 1.29 is 20.1 Å². The van der Waals surface area contributed by atoms with E-state index in [-0.39, 0.29) is 20.1 Å². The topological polar surface area (TPSA) is 38.7 Å². The van der Waals surface area contributed by atoms with Crippen LogP contribution in [-0.2, 0) is 45.8 Å². The summed E-state index contributed by atoms with van der Waals surface area (Å²) in [6.45, 7) is 0. The van der Waals surface area contributed by atoms with Gasteiger partial charge in [-0.05, 0) is 104 Å². The number of aromatic nitrogens is 3. The molecule has 0 saturated heterocycles. The second kappa shape index (κ2) is 22.1. The van der Waals surface area contributed by atoms with Gasteiger partial charge in [-0.2, -0.15) is 0 Å². The van der Waals surface area contributed by atoms with E-state index < -0.39 is 0 Å². The Balaban J connectivity index is 0.00000582. The van der Waals surface area contributed by atoms with E-state index in [4.69, 9.17) is 4.98 Å². The van der Waals surface area contributed by atoms with Crippen LogP contribution in [-0.4, -0.2) is 15.0 Å². The summed E-state index contributed by atoms with van der Waals surface area (Å²) in [6, 6.07) is 90.4. The van der Waals surface area contributed by atoms with Crippen molar-refractivity contribution in [1.82, 2.24) is 15.0 Å². The molecule has 11 rings (SSSR count). The molecule has 8 aromatic carbocycles. The molecular formula is C67H48IrN3. The number of benzene rings is 8. The number of pyridine rings is 3. The predicted molar refractivity (Wildman–Crippen MR) is 288 cm³/mol. The molecule has 0 bridgehead atoms. The van der Waals surface area contributed by atoms with Crippen molar-refractivity contribution >= 4 is 0 Å². The molecule has 0 unspecified atom stereocenters. The molecule has 4 heteroatoms. The Labute approximate surface area is 431 Å². The maximum absolute atomic E-state index is 4.73. The van der Waals surface area contributed by atoms with Crippen LogP contribution in [0.1, 0.15) is 22.3 Å². The molecule has 0 N–H and O–H groups in total. The summed E-state index contributed by atoms with van der Waals surface area (Å²) >= 11 is 0. The van der Waals surface area contributed by atoms with E-state index in [1.165, 1.54) is 55.6 Å². The van der Waals surface area contributed by atoms with Gasteiger partial charge in [-0.15, -0.1) is 94.5 Å². The van der Waals surface area contributed by atoms with Crippen LogP contribution in [0.2, 0.25) is 0 Å². The number of hydrogen-bond donors (Lipinski definition) is 0. The van der Waals surface area contributed by atoms with Crippen LogP contribution in [0, 0.1) is 18.2 Å². The van der Waals surface area contributed by atoms with Crippen molar-refractivity contribution in [3.8, 4) is 89.4 Å². The van der Waals surface area contributed by atoms with Crippen molar-refractivity contribution in [2.24, 2.45) is 0 Å². The third-order valence-corrected chi connectivity index (χ3v) is 13.0. The Morgan fingerprint density at radius 2 is 0.732 bits per heavy atom. The van der Waals surface area contributed by atoms with Crippen molar-refractivity contribution in [2.75, 3.05) is 0 Å². The van der Waals surface area contributed by atoms with Gasteiger partial charge in [-0.1, -0.05) is 181 Å². The zero-order chi connectivity index (χ0) is 46.9. The molecule has 3 aromatic heterocycles. The second-order valence-corrected chi connectivity index (χ2v) is 17.6. The fourth-order valence-corrected chi connectivity index (χ4v) is 9.32. The van der Waals surface area contributed by atoms with E-state index in [1.807, 2.05) is 67.1 Å². The van der Waals surface area contributed by atoms with Gasteiger partial charge >= 0.3 is 20.1 Å². The van der Waals surface area contributed by atoms with E-state index >= 15 is 0 Å². The Bertz CT molecular complexity index is 3380. The van der Waals surface area contributed by atoms with Crippen LogP contribution in [0.15, 0.2) is 243 Å². The average molecular weight is 1090 g/mol. The molecule has 71 heavy (non-hydrogen) atoms. The van der Waals surface area contributed by atoms with Gasteiger partial charge in [0.15, 0.2) is 0 Å². The average Bonchev–Trinajstić information content (AvgIpc) is 3.45. The quantitative estimate of drug-likeness (QED) is 0.102. The van der Waals surface area contributed by atoms with Crippen molar-refractivity contribution in [1.29, 1.82) is 0 Å². The van der Waals surface area contributed by atoms with Gasteiger partial charge in [-0.25, -0.2) is 0 Å². The van der Waals surface area contributed by atoms with Gasteiger partial charge in [0.05, 0.1) is 0 Å². The summed E-state index contributed by atoms with van der Waals surface area (Å²) in [5.74, 6) is 0. The molecule has 0 atom stereocenters. The Morgan fingerprint density at radius 1 is 0.268 bits per heavy atom. The molecule has 11 aromatic rings. The molecule has 0 radical (unpaired) electrons. The summed E-state index contributed by atoms with van der Waals surface area (Å²) < 4.78 is 0. The van der Waals surface area contributed by atoms with E-state index in [1.54, 1.807) is 0 Å². The standard InChI is InChI=1S/C67H48N3.Ir/c1-2-13-52(14-3-1)57-15-12-16-58(46-57)53-34-36-54(37-35-53)64-47-59(67-21-8-11-42-70-67)38-39-63(64)62-18-5-4-17-61(62)60-44-50(24-22-48-26-30-55(31-27-48)65-19-6-9-40-68-65)43-51(45-60)25-23-49-28-32-56(33-29-49)66-20-7-10-41-69-66;/h1-21,26-30,32,34-37,39-47H,22-25H2;/q-3;+3. The molecule has 340 valence electrons. The molecule has 0 fully saturated rings. The second-order valence-electron chi connectivity index (χ2n) is 17.6. The van der Waals surface area contributed by atoms with Crippen LogP contribution in [0.25, 0.3) is 89.4 Å². The van der Waals surface area contributed by atoms with Crippen molar-refractivity contribution in [2.45, 2.75) is 25.7 Å². The Kier molecular flexibility index (Phi) is 14.5. The first-order valence-electron chi connectivity index (χ1n) is 24.0. The molecular weight excluding hydrogens is 1040 g/mol. The van der Waals surface area contributed by atoms with Gasteiger partial charge in [0.1, 0.15) is 0 Å².